The number of carbonyl (C=O) groups excluding carboxylic acids is 1. The molecule has 0 aliphatic heterocycles. The summed E-state index contributed by atoms with van der Waals surface area (Å²) in [5.74, 6) is 0.386. The number of rotatable bonds is 4. The van der Waals surface area contributed by atoms with Gasteiger partial charge in [-0.3, -0.25) is 4.79 Å². The van der Waals surface area contributed by atoms with E-state index in [1.165, 1.54) is 6.08 Å². The fraction of sp³-hybridized carbons (Fsp3) is 0.308. The maximum absolute atomic E-state index is 11.4. The number of hydrogen-bond donors (Lipinski definition) is 1. The van der Waals surface area contributed by atoms with Crippen molar-refractivity contribution < 1.29 is 4.79 Å². The van der Waals surface area contributed by atoms with Crippen LogP contribution in [0.4, 0.5) is 0 Å². The van der Waals surface area contributed by atoms with Crippen molar-refractivity contribution in [2.24, 2.45) is 5.92 Å². The summed E-state index contributed by atoms with van der Waals surface area (Å²) in [5.41, 5.74) is 0.923. The Hall–Kier alpha value is -1.28. The Morgan fingerprint density at radius 1 is 1.50 bits per heavy atom. The van der Waals surface area contributed by atoms with Crippen molar-refractivity contribution in [2.75, 3.05) is 6.54 Å². The molecule has 0 saturated carbocycles. The second kappa shape index (κ2) is 6.33. The number of carbonyl (C=O) groups is 1. The molecule has 1 N–H and O–H groups in total. The molecule has 0 bridgehead atoms. The van der Waals surface area contributed by atoms with E-state index in [0.717, 1.165) is 5.56 Å². The summed E-state index contributed by atoms with van der Waals surface area (Å²) in [6, 6.07) is 7.37. The smallest absolute Gasteiger partial charge is 0.244 e. The predicted octanol–water partition coefficient (Wildman–Crippen LogP) is 3.13. The number of nitrogens with one attached hydrogen (secondary N) is 1. The first-order valence-electron chi connectivity index (χ1n) is 5.29. The van der Waals surface area contributed by atoms with Crippen molar-refractivity contribution in [2.45, 2.75) is 13.8 Å². The molecule has 0 saturated heterocycles. The Morgan fingerprint density at radius 2 is 2.25 bits per heavy atom. The summed E-state index contributed by atoms with van der Waals surface area (Å²) in [4.78, 5) is 11.4. The molecule has 0 spiro atoms. The van der Waals surface area contributed by atoms with Gasteiger partial charge in [-0.05, 0) is 29.7 Å². The van der Waals surface area contributed by atoms with Crippen LogP contribution in [0.2, 0.25) is 5.02 Å². The second-order valence-electron chi connectivity index (χ2n) is 4.03. The van der Waals surface area contributed by atoms with Gasteiger partial charge >= 0.3 is 0 Å². The van der Waals surface area contributed by atoms with Gasteiger partial charge in [0.2, 0.25) is 5.91 Å². The average Bonchev–Trinajstić information content (AvgIpc) is 2.23. The first kappa shape index (κ1) is 12.8. The second-order valence-corrected chi connectivity index (χ2v) is 4.46. The molecule has 0 unspecified atom stereocenters. The van der Waals surface area contributed by atoms with E-state index in [2.05, 4.69) is 19.2 Å². The number of hydrogen-bond acceptors (Lipinski definition) is 1. The van der Waals surface area contributed by atoms with Crippen molar-refractivity contribution >= 4 is 23.6 Å². The van der Waals surface area contributed by atoms with E-state index in [-0.39, 0.29) is 5.91 Å². The van der Waals surface area contributed by atoms with Crippen LogP contribution < -0.4 is 5.32 Å². The Morgan fingerprint density at radius 3 is 2.88 bits per heavy atom. The van der Waals surface area contributed by atoms with Gasteiger partial charge in [-0.15, -0.1) is 0 Å². The van der Waals surface area contributed by atoms with Gasteiger partial charge in [0.25, 0.3) is 0 Å². The zero-order chi connectivity index (χ0) is 12.0. The normalized spacial score (nSPS) is 11.0. The Kier molecular flexibility index (Phi) is 5.06. The lowest BCUT2D eigenvalue weighted by Gasteiger charge is -2.04. The van der Waals surface area contributed by atoms with Crippen molar-refractivity contribution in [3.8, 4) is 0 Å². The van der Waals surface area contributed by atoms with E-state index in [1.807, 2.05) is 18.2 Å². The third-order valence-corrected chi connectivity index (χ3v) is 2.20. The molecule has 0 atom stereocenters. The van der Waals surface area contributed by atoms with Crippen LogP contribution in [-0.4, -0.2) is 12.5 Å². The van der Waals surface area contributed by atoms with E-state index in [9.17, 15) is 4.79 Å². The van der Waals surface area contributed by atoms with Crippen LogP contribution in [-0.2, 0) is 4.79 Å². The highest BCUT2D eigenvalue weighted by Gasteiger charge is 1.97. The Labute approximate surface area is 101 Å². The van der Waals surface area contributed by atoms with Crippen LogP contribution in [0.15, 0.2) is 30.3 Å². The number of benzene rings is 1. The van der Waals surface area contributed by atoms with E-state index in [0.29, 0.717) is 17.5 Å². The molecule has 0 heterocycles. The van der Waals surface area contributed by atoms with Gasteiger partial charge in [0.15, 0.2) is 0 Å². The van der Waals surface area contributed by atoms with Crippen LogP contribution in [0.5, 0.6) is 0 Å². The van der Waals surface area contributed by atoms with Gasteiger partial charge in [0.1, 0.15) is 0 Å². The van der Waals surface area contributed by atoms with Crippen LogP contribution in [0.25, 0.3) is 6.08 Å². The standard InChI is InChI=1S/C13H16ClNO/c1-10(2)9-15-13(16)7-6-11-4-3-5-12(14)8-11/h3-8,10H,9H2,1-2H3,(H,15,16). The molecule has 1 amide bonds. The van der Waals surface area contributed by atoms with Gasteiger partial charge in [0.05, 0.1) is 0 Å². The predicted molar refractivity (Wildman–Crippen MR) is 68.3 cm³/mol. The molecule has 3 heteroatoms. The molecule has 0 aliphatic carbocycles. The lowest BCUT2D eigenvalue weighted by atomic mass is 10.2. The molecular weight excluding hydrogens is 222 g/mol. The Bertz CT molecular complexity index is 385. The van der Waals surface area contributed by atoms with Gasteiger partial charge < -0.3 is 5.32 Å². The molecule has 0 radical (unpaired) electrons. The molecule has 1 rings (SSSR count). The molecule has 0 aliphatic rings. The lowest BCUT2D eigenvalue weighted by Crippen LogP contribution is -2.25. The maximum atomic E-state index is 11.4. The van der Waals surface area contributed by atoms with Crippen LogP contribution in [0, 0.1) is 5.92 Å². The topological polar surface area (TPSA) is 29.1 Å². The Balaban J connectivity index is 2.50. The highest BCUT2D eigenvalue weighted by atomic mass is 35.5. The molecule has 2 nitrogen and oxygen atoms in total. The van der Waals surface area contributed by atoms with E-state index in [1.54, 1.807) is 12.1 Å². The largest absolute Gasteiger partial charge is 0.352 e. The molecule has 16 heavy (non-hydrogen) atoms. The zero-order valence-corrected chi connectivity index (χ0v) is 10.3. The van der Waals surface area contributed by atoms with E-state index >= 15 is 0 Å². The molecule has 0 fully saturated rings. The van der Waals surface area contributed by atoms with Crippen molar-refractivity contribution in [1.82, 2.24) is 5.32 Å². The molecular formula is C13H16ClNO. The van der Waals surface area contributed by atoms with Gasteiger partial charge in [-0.25, -0.2) is 0 Å². The minimum Gasteiger partial charge on any atom is -0.352 e. The fourth-order valence-electron chi connectivity index (χ4n) is 1.15. The summed E-state index contributed by atoms with van der Waals surface area (Å²) < 4.78 is 0. The van der Waals surface area contributed by atoms with E-state index in [4.69, 9.17) is 11.6 Å². The van der Waals surface area contributed by atoms with Crippen LogP contribution in [0.3, 0.4) is 0 Å². The van der Waals surface area contributed by atoms with Gasteiger partial charge in [0, 0.05) is 17.6 Å². The highest BCUT2D eigenvalue weighted by Crippen LogP contribution is 2.11. The van der Waals surface area contributed by atoms with Gasteiger partial charge in [-0.1, -0.05) is 37.6 Å². The van der Waals surface area contributed by atoms with Crippen molar-refractivity contribution in [3.63, 3.8) is 0 Å². The first-order chi connectivity index (χ1) is 7.58. The summed E-state index contributed by atoms with van der Waals surface area (Å²) in [7, 11) is 0. The van der Waals surface area contributed by atoms with Crippen molar-refractivity contribution in [3.05, 3.63) is 40.9 Å². The molecule has 86 valence electrons. The third-order valence-electron chi connectivity index (χ3n) is 1.96. The summed E-state index contributed by atoms with van der Waals surface area (Å²) in [6.07, 6.45) is 3.27. The quantitative estimate of drug-likeness (QED) is 0.801. The summed E-state index contributed by atoms with van der Waals surface area (Å²) in [6.45, 7) is 4.81. The molecule has 0 aromatic heterocycles. The monoisotopic (exact) mass is 237 g/mol. The molecule has 1 aromatic carbocycles. The third kappa shape index (κ3) is 4.99. The fourth-order valence-corrected chi connectivity index (χ4v) is 1.34. The highest BCUT2D eigenvalue weighted by molar-refractivity contribution is 6.30. The maximum Gasteiger partial charge on any atom is 0.244 e. The lowest BCUT2D eigenvalue weighted by molar-refractivity contribution is -0.116. The van der Waals surface area contributed by atoms with Crippen LogP contribution in [0.1, 0.15) is 19.4 Å². The van der Waals surface area contributed by atoms with Gasteiger partial charge in [-0.2, -0.15) is 0 Å². The number of halogens is 1. The summed E-state index contributed by atoms with van der Waals surface area (Å²) in [5, 5.41) is 3.48. The number of amides is 1. The summed E-state index contributed by atoms with van der Waals surface area (Å²) >= 11 is 5.83. The van der Waals surface area contributed by atoms with Crippen LogP contribution >= 0.6 is 11.6 Å². The van der Waals surface area contributed by atoms with Crippen molar-refractivity contribution in [1.29, 1.82) is 0 Å². The zero-order valence-electron chi connectivity index (χ0n) is 9.53. The van der Waals surface area contributed by atoms with E-state index < -0.39 is 0 Å². The average molecular weight is 238 g/mol. The molecule has 1 aromatic rings. The SMILES string of the molecule is CC(C)CNC(=O)C=Cc1cccc(Cl)c1. The first-order valence-corrected chi connectivity index (χ1v) is 5.67. The minimum absolute atomic E-state index is 0.0753. The minimum atomic E-state index is -0.0753.